The number of hydrogen-bond donors (Lipinski definition) is 6. The summed E-state index contributed by atoms with van der Waals surface area (Å²) in [4.78, 5) is 108. The van der Waals surface area contributed by atoms with E-state index in [-0.39, 0.29) is 49.5 Å². The number of aliphatic hydroxyl groups excluding tert-OH is 1. The van der Waals surface area contributed by atoms with Crippen LogP contribution in [0, 0.1) is 17.0 Å². The number of rotatable bonds is 22. The maximum atomic E-state index is 15.3. The molecule has 7 amide bonds. The Hall–Kier alpha value is -6.80. The molecule has 1 aromatic heterocycles. The normalized spacial score (nSPS) is 14.3. The molecule has 0 aliphatic carbocycles. The van der Waals surface area contributed by atoms with Crippen molar-refractivity contribution < 1.29 is 57.1 Å². The molecule has 4 atom stereocenters. The number of benzene rings is 2. The van der Waals surface area contributed by atoms with Gasteiger partial charge in [-0.15, -0.1) is 0 Å². The van der Waals surface area contributed by atoms with E-state index in [0.717, 1.165) is 35.9 Å². The van der Waals surface area contributed by atoms with Crippen molar-refractivity contribution in [2.75, 3.05) is 26.7 Å². The van der Waals surface area contributed by atoms with Crippen LogP contribution in [0.15, 0.2) is 72.9 Å². The molecule has 344 valence electrons. The van der Waals surface area contributed by atoms with Crippen molar-refractivity contribution in [1.29, 1.82) is 0 Å². The van der Waals surface area contributed by atoms with Crippen LogP contribution in [-0.2, 0) is 49.7 Å². The molecule has 20 heteroatoms. The second kappa shape index (κ2) is 22.5. The van der Waals surface area contributed by atoms with Crippen LogP contribution in [0.5, 0.6) is 0 Å². The number of hydroxylamine groups is 2. The molecule has 0 radical (unpaired) electrons. The van der Waals surface area contributed by atoms with E-state index < -0.39 is 102 Å². The van der Waals surface area contributed by atoms with Crippen molar-refractivity contribution in [1.82, 2.24) is 35.8 Å². The van der Waals surface area contributed by atoms with Crippen LogP contribution in [0.4, 0.5) is 8.78 Å². The summed E-state index contributed by atoms with van der Waals surface area (Å²) in [5.74, 6) is -8.17. The van der Waals surface area contributed by atoms with Crippen LogP contribution < -0.4 is 27.0 Å². The number of nitrogens with zero attached hydrogens (tertiary/aromatic N) is 3. The average molecular weight is 893 g/mol. The number of halogens is 2. The molecular weight excluding hydrogens is 839 g/mol. The van der Waals surface area contributed by atoms with Crippen molar-refractivity contribution in [2.24, 2.45) is 11.1 Å². The Labute approximate surface area is 368 Å². The third-order valence-corrected chi connectivity index (χ3v) is 10.2. The van der Waals surface area contributed by atoms with Gasteiger partial charge in [0.2, 0.25) is 29.5 Å². The van der Waals surface area contributed by atoms with Crippen LogP contribution in [0.3, 0.4) is 0 Å². The maximum Gasteiger partial charge on any atom is 0.333 e. The molecular formula is C44H54F2N8O10. The lowest BCUT2D eigenvalue weighted by molar-refractivity contribution is -0.196. The summed E-state index contributed by atoms with van der Waals surface area (Å²) < 4.78 is 31.5. The number of carbonyl (C=O) groups is 8. The van der Waals surface area contributed by atoms with E-state index in [1.54, 1.807) is 16.8 Å². The Morgan fingerprint density at radius 1 is 0.906 bits per heavy atom. The zero-order valence-electron chi connectivity index (χ0n) is 36.2. The lowest BCUT2D eigenvalue weighted by Gasteiger charge is -2.41. The Morgan fingerprint density at radius 3 is 2.17 bits per heavy atom. The summed E-state index contributed by atoms with van der Waals surface area (Å²) in [6, 6.07) is 9.18. The highest BCUT2D eigenvalue weighted by Crippen LogP contribution is 2.41. The number of aliphatic hydroxyl groups is 1. The Kier molecular flexibility index (Phi) is 17.5. The number of likely N-dealkylation sites (N-methyl/N-ethyl adjacent to an activating group) is 1. The van der Waals surface area contributed by atoms with Crippen molar-refractivity contribution in [3.8, 4) is 11.1 Å². The molecule has 3 aromatic rings. The molecule has 1 aliphatic rings. The number of amides is 7. The van der Waals surface area contributed by atoms with Crippen molar-refractivity contribution in [2.45, 2.75) is 84.1 Å². The van der Waals surface area contributed by atoms with Gasteiger partial charge in [0, 0.05) is 61.2 Å². The minimum Gasteiger partial charge on any atom is -0.387 e. The van der Waals surface area contributed by atoms with Gasteiger partial charge in [0.25, 0.3) is 11.8 Å². The second-order valence-corrected chi connectivity index (χ2v) is 16.2. The summed E-state index contributed by atoms with van der Waals surface area (Å²) in [6.07, 6.45) is 2.13. The predicted octanol–water partition coefficient (Wildman–Crippen LogP) is 1.51. The van der Waals surface area contributed by atoms with Gasteiger partial charge in [-0.3, -0.25) is 33.6 Å². The highest BCUT2D eigenvalue weighted by Gasteiger charge is 2.38. The topological polar surface area (TPSA) is 252 Å². The number of imide groups is 1. The number of primary amides is 1. The van der Waals surface area contributed by atoms with E-state index in [9.17, 15) is 47.9 Å². The SMILES string of the molecule is CN[C@@H](C)C(=O)N[C@@H](CC(N)=O)C(=O)N[C@@H](CCN(C(=O)CO)[C@@H](c1cc(-c2cc(F)ccc2F)cn1Cc1ccccc1)C(C)(C)C)C(=O)NCCCC(=O)ON1C(=O)C=CC1=O. The molecule has 0 saturated carbocycles. The first-order valence-corrected chi connectivity index (χ1v) is 20.4. The smallest absolute Gasteiger partial charge is 0.333 e. The fraction of sp³-hybridized carbons (Fsp3) is 0.409. The molecule has 0 saturated heterocycles. The van der Waals surface area contributed by atoms with E-state index in [2.05, 4.69) is 21.3 Å². The number of carbonyl (C=O) groups excluding carboxylic acids is 8. The van der Waals surface area contributed by atoms with Crippen molar-refractivity contribution in [3.05, 3.63) is 95.8 Å². The van der Waals surface area contributed by atoms with Gasteiger partial charge in [-0.05, 0) is 62.1 Å². The molecule has 0 bridgehead atoms. The highest BCUT2D eigenvalue weighted by atomic mass is 19.1. The van der Waals surface area contributed by atoms with Crippen molar-refractivity contribution in [3.63, 3.8) is 0 Å². The van der Waals surface area contributed by atoms with Crippen LogP contribution in [-0.4, -0.2) is 112 Å². The molecule has 1 aliphatic heterocycles. The van der Waals surface area contributed by atoms with Gasteiger partial charge in [-0.25, -0.2) is 13.6 Å². The van der Waals surface area contributed by atoms with E-state index in [1.165, 1.54) is 18.9 Å². The number of aromatic nitrogens is 1. The predicted molar refractivity (Wildman–Crippen MR) is 226 cm³/mol. The molecule has 18 nitrogen and oxygen atoms in total. The van der Waals surface area contributed by atoms with Crippen LogP contribution in [0.25, 0.3) is 11.1 Å². The standard InChI is InChI=1S/C44H54F2N8O10/c1-26(48-5)41(61)51-33(22-35(47)56)43(63)50-32(42(62)49-18-9-12-39(60)64-54-36(57)15-16-37(54)58)17-19-53(38(59)25-55)40(44(2,3)4)34-20-28(30-21-29(45)13-14-31(30)46)24-52(34)23-27-10-7-6-8-11-27/h6-8,10-11,13-16,20-21,24,26,32-33,40,48,55H,9,12,17-19,22-23,25H2,1-5H3,(H2,47,56)(H,49,62)(H,50,63)(H,51,61)/t26-,32-,33-,40-/m0/s1. The summed E-state index contributed by atoms with van der Waals surface area (Å²) in [5, 5.41) is 20.9. The molecule has 0 unspecified atom stereocenters. The van der Waals surface area contributed by atoms with E-state index in [1.807, 2.05) is 51.1 Å². The first-order valence-electron chi connectivity index (χ1n) is 20.4. The van der Waals surface area contributed by atoms with E-state index in [4.69, 9.17) is 10.6 Å². The van der Waals surface area contributed by atoms with Gasteiger partial charge in [0.1, 0.15) is 30.3 Å². The average Bonchev–Trinajstić information content (AvgIpc) is 3.79. The van der Waals surface area contributed by atoms with Gasteiger partial charge in [-0.1, -0.05) is 56.2 Å². The molecule has 0 fully saturated rings. The Balaban J connectivity index is 1.69. The van der Waals surface area contributed by atoms with Crippen molar-refractivity contribution >= 4 is 47.3 Å². The van der Waals surface area contributed by atoms with Crippen LogP contribution >= 0.6 is 0 Å². The largest absolute Gasteiger partial charge is 0.387 e. The molecule has 4 rings (SSSR count). The van der Waals surface area contributed by atoms with Crippen LogP contribution in [0.1, 0.15) is 70.7 Å². The summed E-state index contributed by atoms with van der Waals surface area (Å²) >= 11 is 0. The van der Waals surface area contributed by atoms with Crippen LogP contribution in [0.2, 0.25) is 0 Å². The summed E-state index contributed by atoms with van der Waals surface area (Å²) in [5.41, 5.74) is 6.13. The Bertz CT molecular complexity index is 2230. The second-order valence-electron chi connectivity index (χ2n) is 16.2. The minimum absolute atomic E-state index is 0.0368. The third-order valence-electron chi connectivity index (χ3n) is 10.2. The van der Waals surface area contributed by atoms with E-state index >= 15 is 4.39 Å². The van der Waals surface area contributed by atoms with E-state index in [0.29, 0.717) is 11.3 Å². The zero-order chi connectivity index (χ0) is 47.3. The van der Waals surface area contributed by atoms with Gasteiger partial charge < -0.3 is 46.4 Å². The highest BCUT2D eigenvalue weighted by molar-refractivity contribution is 6.12. The van der Waals surface area contributed by atoms with Gasteiger partial charge in [-0.2, -0.15) is 0 Å². The number of nitrogens with one attached hydrogen (secondary N) is 4. The maximum absolute atomic E-state index is 15.3. The third kappa shape index (κ3) is 13.6. The fourth-order valence-corrected chi connectivity index (χ4v) is 6.94. The van der Waals surface area contributed by atoms with Gasteiger partial charge in [0.05, 0.1) is 18.5 Å². The molecule has 2 aromatic carbocycles. The molecule has 0 spiro atoms. The molecule has 7 N–H and O–H groups in total. The van der Waals surface area contributed by atoms with Gasteiger partial charge >= 0.3 is 5.97 Å². The minimum atomic E-state index is -1.53. The first-order chi connectivity index (χ1) is 30.2. The zero-order valence-corrected chi connectivity index (χ0v) is 36.2. The Morgan fingerprint density at radius 2 is 1.56 bits per heavy atom. The molecule has 64 heavy (non-hydrogen) atoms. The summed E-state index contributed by atoms with van der Waals surface area (Å²) in [6.45, 7) is 5.75. The lowest BCUT2D eigenvalue weighted by atomic mass is 9.82. The lowest BCUT2D eigenvalue weighted by Crippen LogP contribution is -2.57. The quantitative estimate of drug-likeness (QED) is 0.0623. The fourth-order valence-electron chi connectivity index (χ4n) is 6.94. The summed E-state index contributed by atoms with van der Waals surface area (Å²) in [7, 11) is 1.50. The number of nitrogens with two attached hydrogens (primary N) is 1. The first kappa shape index (κ1) is 49.9. The monoisotopic (exact) mass is 892 g/mol. The van der Waals surface area contributed by atoms with Gasteiger partial charge in [0.15, 0.2) is 0 Å². The molecule has 2 heterocycles. The number of hydrogen-bond acceptors (Lipinski definition) is 11.